The molecule has 1 amide bonds. The summed E-state index contributed by atoms with van der Waals surface area (Å²) in [5, 5.41) is 14.7. The zero-order valence-corrected chi connectivity index (χ0v) is 18.1. The summed E-state index contributed by atoms with van der Waals surface area (Å²) in [6, 6.07) is 11.0. The van der Waals surface area contributed by atoms with Gasteiger partial charge in [-0.1, -0.05) is 18.1 Å². The molecule has 32 heavy (non-hydrogen) atoms. The number of ether oxygens (including phenoxy) is 1. The van der Waals surface area contributed by atoms with Crippen LogP contribution >= 0.6 is 0 Å². The molecule has 164 valence electrons. The summed E-state index contributed by atoms with van der Waals surface area (Å²) < 4.78 is 5.25. The summed E-state index contributed by atoms with van der Waals surface area (Å²) in [4.78, 5) is 28.9. The van der Waals surface area contributed by atoms with Crippen molar-refractivity contribution in [3.05, 3.63) is 60.2 Å². The predicted molar refractivity (Wildman–Crippen MR) is 120 cm³/mol. The lowest BCUT2D eigenvalue weighted by atomic mass is 10.2. The number of anilines is 2. The number of aliphatic hydroxyl groups is 1. The van der Waals surface area contributed by atoms with Gasteiger partial charge in [-0.3, -0.25) is 0 Å². The quantitative estimate of drug-likeness (QED) is 0.526. The van der Waals surface area contributed by atoms with Crippen LogP contribution in [-0.4, -0.2) is 43.3 Å². The van der Waals surface area contributed by atoms with Crippen LogP contribution < -0.4 is 10.6 Å². The summed E-state index contributed by atoms with van der Waals surface area (Å²) in [6.07, 6.45) is 2.55. The van der Waals surface area contributed by atoms with Gasteiger partial charge in [-0.15, -0.1) is 0 Å². The van der Waals surface area contributed by atoms with Crippen molar-refractivity contribution in [2.75, 3.05) is 11.9 Å². The van der Waals surface area contributed by atoms with Gasteiger partial charge in [0, 0.05) is 24.0 Å². The van der Waals surface area contributed by atoms with Gasteiger partial charge < -0.3 is 20.5 Å². The van der Waals surface area contributed by atoms with E-state index in [-0.39, 0.29) is 6.61 Å². The highest BCUT2D eigenvalue weighted by Crippen LogP contribution is 2.19. The Morgan fingerprint density at radius 3 is 2.78 bits per heavy atom. The molecule has 0 saturated carbocycles. The molecule has 9 nitrogen and oxygen atoms in total. The first-order chi connectivity index (χ1) is 15.3. The lowest BCUT2D eigenvalue weighted by Gasteiger charge is -2.19. The molecule has 0 radical (unpaired) electrons. The van der Waals surface area contributed by atoms with Gasteiger partial charge in [-0.05, 0) is 56.5 Å². The number of amides is 1. The third-order valence-corrected chi connectivity index (χ3v) is 3.90. The van der Waals surface area contributed by atoms with E-state index in [4.69, 9.17) is 9.84 Å². The molecule has 9 heteroatoms. The standard InChI is InChI=1S/C23H24N6O3/c1-23(2,3)32-22(31)25-14-16-6-4-7-19(12-16)28-21-27-15-26-20(29-21)17-9-10-24-18(13-17)8-5-11-30/h4,6-7,9-10,12-13,15,30H,11,14H2,1-3H3,(H,25,31)(H,26,27,28,29). The van der Waals surface area contributed by atoms with Crippen LogP contribution in [-0.2, 0) is 11.3 Å². The van der Waals surface area contributed by atoms with Gasteiger partial charge >= 0.3 is 6.09 Å². The third kappa shape index (κ3) is 7.04. The number of hydrogen-bond acceptors (Lipinski definition) is 8. The van der Waals surface area contributed by atoms with Crippen molar-refractivity contribution in [3.63, 3.8) is 0 Å². The SMILES string of the molecule is CC(C)(C)OC(=O)NCc1cccc(Nc2ncnc(-c3ccnc(C#CCO)c3)n2)c1. The van der Waals surface area contributed by atoms with Crippen LogP contribution in [0.3, 0.4) is 0 Å². The minimum atomic E-state index is -0.551. The van der Waals surface area contributed by atoms with Crippen LogP contribution in [0.5, 0.6) is 0 Å². The summed E-state index contributed by atoms with van der Waals surface area (Å²) in [5.41, 5.74) is 2.33. The van der Waals surface area contributed by atoms with Crippen molar-refractivity contribution in [2.45, 2.75) is 32.9 Å². The molecular weight excluding hydrogens is 408 g/mol. The highest BCUT2D eigenvalue weighted by molar-refractivity contribution is 5.68. The number of alkyl carbamates (subject to hydrolysis) is 1. The predicted octanol–water partition coefficient (Wildman–Crippen LogP) is 3.05. The molecule has 0 spiro atoms. The maximum Gasteiger partial charge on any atom is 0.407 e. The highest BCUT2D eigenvalue weighted by atomic mass is 16.6. The fraction of sp³-hybridized carbons (Fsp3) is 0.261. The van der Waals surface area contributed by atoms with Crippen LogP contribution in [0.15, 0.2) is 48.9 Å². The van der Waals surface area contributed by atoms with Crippen molar-refractivity contribution in [1.82, 2.24) is 25.3 Å². The number of carbonyl (C=O) groups excluding carboxylic acids is 1. The van der Waals surface area contributed by atoms with E-state index in [0.29, 0.717) is 24.0 Å². The topological polar surface area (TPSA) is 122 Å². The van der Waals surface area contributed by atoms with Gasteiger partial charge in [0.1, 0.15) is 24.2 Å². The van der Waals surface area contributed by atoms with Crippen LogP contribution in [0, 0.1) is 11.8 Å². The molecule has 1 aromatic carbocycles. The van der Waals surface area contributed by atoms with Crippen LogP contribution in [0.4, 0.5) is 16.4 Å². The maximum atomic E-state index is 11.9. The summed E-state index contributed by atoms with van der Waals surface area (Å²) in [5.74, 6) is 6.15. The van der Waals surface area contributed by atoms with Crippen LogP contribution in [0.25, 0.3) is 11.4 Å². The number of aliphatic hydroxyl groups excluding tert-OH is 1. The minimum absolute atomic E-state index is 0.238. The van der Waals surface area contributed by atoms with Crippen molar-refractivity contribution in [3.8, 4) is 23.2 Å². The highest BCUT2D eigenvalue weighted by Gasteiger charge is 2.15. The summed E-state index contributed by atoms with van der Waals surface area (Å²) in [6.45, 7) is 5.53. The number of carbonyl (C=O) groups is 1. The summed E-state index contributed by atoms with van der Waals surface area (Å²) >= 11 is 0. The molecule has 2 aromatic heterocycles. The van der Waals surface area contributed by atoms with Crippen molar-refractivity contribution >= 4 is 17.7 Å². The van der Waals surface area contributed by atoms with Crippen molar-refractivity contribution < 1.29 is 14.6 Å². The molecule has 0 aliphatic heterocycles. The largest absolute Gasteiger partial charge is 0.444 e. The zero-order valence-electron chi connectivity index (χ0n) is 18.1. The fourth-order valence-corrected chi connectivity index (χ4v) is 2.64. The normalized spacial score (nSPS) is 10.6. The van der Waals surface area contributed by atoms with Gasteiger partial charge in [0.05, 0.1) is 0 Å². The average molecular weight is 432 g/mol. The maximum absolute atomic E-state index is 11.9. The Morgan fingerprint density at radius 2 is 2.00 bits per heavy atom. The molecule has 0 fully saturated rings. The van der Waals surface area contributed by atoms with Crippen LogP contribution in [0.1, 0.15) is 32.0 Å². The molecule has 3 aromatic rings. The molecule has 0 aliphatic carbocycles. The lowest BCUT2D eigenvalue weighted by Crippen LogP contribution is -2.32. The van der Waals surface area contributed by atoms with Gasteiger partial charge in [0.25, 0.3) is 0 Å². The fourth-order valence-electron chi connectivity index (χ4n) is 2.64. The second-order valence-electron chi connectivity index (χ2n) is 7.70. The van der Waals surface area contributed by atoms with Gasteiger partial charge in [-0.25, -0.2) is 19.7 Å². The first-order valence-electron chi connectivity index (χ1n) is 9.90. The Labute approximate surface area is 186 Å². The van der Waals surface area contributed by atoms with Gasteiger partial charge in [0.15, 0.2) is 5.82 Å². The number of pyridine rings is 1. The monoisotopic (exact) mass is 432 g/mol. The Kier molecular flexibility index (Phi) is 7.31. The first kappa shape index (κ1) is 22.7. The van der Waals surface area contributed by atoms with Crippen molar-refractivity contribution in [2.24, 2.45) is 0 Å². The van der Waals surface area contributed by atoms with Gasteiger partial charge in [-0.2, -0.15) is 4.98 Å². The second kappa shape index (κ2) is 10.3. The number of hydrogen-bond donors (Lipinski definition) is 3. The first-order valence-corrected chi connectivity index (χ1v) is 9.90. The molecular formula is C23H24N6O3. The van der Waals surface area contributed by atoms with E-state index in [1.54, 1.807) is 18.3 Å². The van der Waals surface area contributed by atoms with E-state index < -0.39 is 11.7 Å². The van der Waals surface area contributed by atoms with E-state index in [9.17, 15) is 4.79 Å². The summed E-state index contributed by atoms with van der Waals surface area (Å²) in [7, 11) is 0. The molecule has 0 saturated heterocycles. The molecule has 3 rings (SSSR count). The minimum Gasteiger partial charge on any atom is -0.444 e. The Morgan fingerprint density at radius 1 is 1.16 bits per heavy atom. The van der Waals surface area contributed by atoms with E-state index in [2.05, 4.69) is 42.4 Å². The van der Waals surface area contributed by atoms with E-state index >= 15 is 0 Å². The molecule has 3 N–H and O–H groups in total. The average Bonchev–Trinajstić information content (AvgIpc) is 2.76. The molecule has 2 heterocycles. The molecule has 0 aliphatic rings. The molecule has 0 unspecified atom stereocenters. The second-order valence-corrected chi connectivity index (χ2v) is 7.70. The smallest absolute Gasteiger partial charge is 0.407 e. The molecule has 0 atom stereocenters. The Balaban J connectivity index is 1.70. The third-order valence-electron chi connectivity index (χ3n) is 3.90. The number of benzene rings is 1. The van der Waals surface area contributed by atoms with Gasteiger partial charge in [0.2, 0.25) is 5.95 Å². The molecule has 0 bridgehead atoms. The Bertz CT molecular complexity index is 1150. The van der Waals surface area contributed by atoms with Crippen molar-refractivity contribution in [1.29, 1.82) is 0 Å². The Hall–Kier alpha value is -4.03. The van der Waals surface area contributed by atoms with E-state index in [1.165, 1.54) is 6.33 Å². The number of aromatic nitrogens is 4. The zero-order chi connectivity index (χ0) is 23.0. The van der Waals surface area contributed by atoms with Crippen LogP contribution in [0.2, 0.25) is 0 Å². The van der Waals surface area contributed by atoms with E-state index in [0.717, 1.165) is 16.8 Å². The number of nitrogens with zero attached hydrogens (tertiary/aromatic N) is 4. The number of rotatable bonds is 5. The van der Waals surface area contributed by atoms with E-state index in [1.807, 2.05) is 45.0 Å². The lowest BCUT2D eigenvalue weighted by molar-refractivity contribution is 0.0523. The number of nitrogens with one attached hydrogen (secondary N) is 2.